The molecule has 0 aliphatic rings. The highest BCUT2D eigenvalue weighted by atomic mass is 16.3. The average Bonchev–Trinajstić information content (AvgIpc) is 3.67. The van der Waals surface area contributed by atoms with Gasteiger partial charge in [0.1, 0.15) is 11.2 Å². The number of rotatable bonds is 4. The van der Waals surface area contributed by atoms with Crippen molar-refractivity contribution in [1.29, 1.82) is 5.26 Å². The summed E-state index contributed by atoms with van der Waals surface area (Å²) in [5, 5.41) is 14.3. The largest absolute Gasteiger partial charge is 0.456 e. The number of benzene rings is 7. The lowest BCUT2D eigenvalue weighted by molar-refractivity contribution is 0.669. The Morgan fingerprint density at radius 2 is 1.07 bits per heavy atom. The minimum absolute atomic E-state index is 0.646. The van der Waals surface area contributed by atoms with Gasteiger partial charge in [0.2, 0.25) is 0 Å². The monoisotopic (exact) mass is 586 g/mol. The molecule has 0 aliphatic carbocycles. The molecule has 0 bridgehead atoms. The van der Waals surface area contributed by atoms with Gasteiger partial charge < -0.3 is 8.98 Å². The Bertz CT molecular complexity index is 2610. The number of nitrogens with zero attached hydrogens (tertiary/aromatic N) is 2. The van der Waals surface area contributed by atoms with Crippen molar-refractivity contribution in [3.63, 3.8) is 0 Å². The Kier molecular flexibility index (Phi) is 5.88. The van der Waals surface area contributed by atoms with Crippen LogP contribution in [0.25, 0.3) is 82.8 Å². The van der Waals surface area contributed by atoms with Crippen molar-refractivity contribution in [2.75, 3.05) is 0 Å². The van der Waals surface area contributed by atoms with Gasteiger partial charge in [-0.1, -0.05) is 97.1 Å². The van der Waals surface area contributed by atoms with Crippen LogP contribution in [0.1, 0.15) is 5.56 Å². The molecule has 2 aromatic heterocycles. The molecule has 9 rings (SSSR count). The Hall–Kier alpha value is -6.37. The number of fused-ring (bicyclic) bond motifs is 6. The molecule has 0 saturated heterocycles. The summed E-state index contributed by atoms with van der Waals surface area (Å²) in [6.07, 6.45) is 0. The van der Waals surface area contributed by atoms with Crippen molar-refractivity contribution in [2.24, 2.45) is 0 Å². The summed E-state index contributed by atoms with van der Waals surface area (Å²) < 4.78 is 8.55. The topological polar surface area (TPSA) is 41.9 Å². The molecule has 0 N–H and O–H groups in total. The average molecular weight is 587 g/mol. The van der Waals surface area contributed by atoms with Crippen molar-refractivity contribution in [3.8, 4) is 45.1 Å². The third-order valence-corrected chi connectivity index (χ3v) is 9.01. The minimum Gasteiger partial charge on any atom is -0.456 e. The molecule has 0 atom stereocenters. The highest BCUT2D eigenvalue weighted by Crippen LogP contribution is 2.40. The number of hydrogen-bond donors (Lipinski definition) is 0. The molecular formula is C43H26N2O. The van der Waals surface area contributed by atoms with E-state index in [4.69, 9.17) is 4.42 Å². The van der Waals surface area contributed by atoms with Gasteiger partial charge in [-0.15, -0.1) is 0 Å². The minimum atomic E-state index is 0.646. The fourth-order valence-electron chi connectivity index (χ4n) is 6.91. The van der Waals surface area contributed by atoms with E-state index in [9.17, 15) is 5.26 Å². The second kappa shape index (κ2) is 10.4. The molecule has 3 nitrogen and oxygen atoms in total. The van der Waals surface area contributed by atoms with Crippen molar-refractivity contribution in [1.82, 2.24) is 4.57 Å². The number of furan rings is 1. The zero-order valence-electron chi connectivity index (χ0n) is 24.8. The van der Waals surface area contributed by atoms with E-state index in [0.717, 1.165) is 72.0 Å². The molecule has 3 heteroatoms. The highest BCUT2D eigenvalue weighted by Gasteiger charge is 2.17. The molecule has 0 aliphatic heterocycles. The maximum atomic E-state index is 9.64. The van der Waals surface area contributed by atoms with Gasteiger partial charge in [0.15, 0.2) is 0 Å². The first-order chi connectivity index (χ1) is 22.7. The third kappa shape index (κ3) is 4.13. The van der Waals surface area contributed by atoms with Crippen LogP contribution in [-0.4, -0.2) is 4.57 Å². The smallest absolute Gasteiger partial charge is 0.135 e. The van der Waals surface area contributed by atoms with Crippen molar-refractivity contribution in [2.45, 2.75) is 0 Å². The van der Waals surface area contributed by atoms with Crippen LogP contribution in [0.15, 0.2) is 162 Å². The summed E-state index contributed by atoms with van der Waals surface area (Å²) in [7, 11) is 0. The first-order valence-corrected chi connectivity index (χ1v) is 15.4. The summed E-state index contributed by atoms with van der Waals surface area (Å²) >= 11 is 0. The quantitative estimate of drug-likeness (QED) is 0.206. The van der Waals surface area contributed by atoms with Crippen LogP contribution < -0.4 is 0 Å². The molecule has 46 heavy (non-hydrogen) atoms. The Labute approximate surface area is 265 Å². The maximum absolute atomic E-state index is 9.64. The van der Waals surface area contributed by atoms with Crippen LogP contribution in [0, 0.1) is 11.3 Å². The normalized spacial score (nSPS) is 11.5. The SMILES string of the molecule is N#Cc1cccc(-c2ccccc2-c2cc(-c3ccc4oc5ccccc5c4c3)cc(-n3c4ccccc4c4ccccc43)c2)c1. The van der Waals surface area contributed by atoms with Crippen LogP contribution >= 0.6 is 0 Å². The maximum Gasteiger partial charge on any atom is 0.135 e. The summed E-state index contributed by atoms with van der Waals surface area (Å²) in [5.74, 6) is 0. The number of nitriles is 1. The molecule has 9 aromatic rings. The van der Waals surface area contributed by atoms with E-state index >= 15 is 0 Å². The number of hydrogen-bond acceptors (Lipinski definition) is 2. The van der Waals surface area contributed by atoms with Crippen molar-refractivity contribution < 1.29 is 4.42 Å². The van der Waals surface area contributed by atoms with Gasteiger partial charge in [-0.05, 0) is 94.0 Å². The van der Waals surface area contributed by atoms with E-state index < -0.39 is 0 Å². The van der Waals surface area contributed by atoms with Gasteiger partial charge in [-0.25, -0.2) is 0 Å². The molecule has 0 spiro atoms. The molecule has 0 unspecified atom stereocenters. The summed E-state index contributed by atoms with van der Waals surface area (Å²) in [4.78, 5) is 0. The van der Waals surface area contributed by atoms with Crippen molar-refractivity contribution >= 4 is 43.7 Å². The second-order valence-corrected chi connectivity index (χ2v) is 11.7. The fraction of sp³-hybridized carbons (Fsp3) is 0. The molecule has 0 fully saturated rings. The lowest BCUT2D eigenvalue weighted by Crippen LogP contribution is -1.96. The Morgan fingerprint density at radius 3 is 1.83 bits per heavy atom. The van der Waals surface area contributed by atoms with Gasteiger partial charge in [0.25, 0.3) is 0 Å². The molecule has 7 aromatic carbocycles. The number of para-hydroxylation sites is 3. The van der Waals surface area contributed by atoms with E-state index in [1.807, 2.05) is 30.3 Å². The number of aromatic nitrogens is 1. The van der Waals surface area contributed by atoms with Crippen molar-refractivity contribution in [3.05, 3.63) is 163 Å². The molecule has 0 amide bonds. The first-order valence-electron chi connectivity index (χ1n) is 15.4. The third-order valence-electron chi connectivity index (χ3n) is 9.01. The van der Waals surface area contributed by atoms with Gasteiger partial charge >= 0.3 is 0 Å². The van der Waals surface area contributed by atoms with E-state index in [1.165, 1.54) is 10.8 Å². The Morgan fingerprint density at radius 1 is 0.435 bits per heavy atom. The van der Waals surface area contributed by atoms with Gasteiger partial charge in [0.05, 0.1) is 22.7 Å². The molecule has 0 saturated carbocycles. The molecule has 0 radical (unpaired) electrons. The first kappa shape index (κ1) is 26.1. The van der Waals surface area contributed by atoms with E-state index in [2.05, 4.69) is 138 Å². The molecule has 214 valence electrons. The summed E-state index contributed by atoms with van der Waals surface area (Å²) in [6.45, 7) is 0. The lowest BCUT2D eigenvalue weighted by atomic mass is 9.91. The van der Waals surface area contributed by atoms with E-state index in [1.54, 1.807) is 0 Å². The van der Waals surface area contributed by atoms with Crippen LogP contribution in [0.5, 0.6) is 0 Å². The Balaban J connectivity index is 1.34. The predicted octanol–water partition coefficient (Wildman–Crippen LogP) is 11.6. The molecule has 2 heterocycles. The summed E-state index contributed by atoms with van der Waals surface area (Å²) in [5.41, 5.74) is 12.4. The zero-order chi connectivity index (χ0) is 30.6. The fourth-order valence-corrected chi connectivity index (χ4v) is 6.91. The second-order valence-electron chi connectivity index (χ2n) is 11.7. The van der Waals surface area contributed by atoms with Gasteiger partial charge in [-0.2, -0.15) is 5.26 Å². The summed E-state index contributed by atoms with van der Waals surface area (Å²) in [6, 6.07) is 57.4. The van der Waals surface area contributed by atoms with E-state index in [-0.39, 0.29) is 0 Å². The van der Waals surface area contributed by atoms with Crippen LogP contribution in [0.4, 0.5) is 0 Å². The van der Waals surface area contributed by atoms with Gasteiger partial charge in [-0.3, -0.25) is 0 Å². The van der Waals surface area contributed by atoms with Crippen LogP contribution in [0.3, 0.4) is 0 Å². The highest BCUT2D eigenvalue weighted by molar-refractivity contribution is 6.10. The standard InChI is InChI=1S/C43H26N2O/c44-27-28-10-9-11-30(22-28)34-12-1-2-13-35(34)32-23-31(29-20-21-43-39(26-29)38-16-5-8-19-42(38)46-43)24-33(25-32)45-40-17-6-3-14-36(40)37-15-4-7-18-41(37)45/h1-26H. The van der Waals surface area contributed by atoms with Crippen LogP contribution in [-0.2, 0) is 0 Å². The van der Waals surface area contributed by atoms with Gasteiger partial charge in [0, 0.05) is 27.2 Å². The lowest BCUT2D eigenvalue weighted by Gasteiger charge is -2.16. The molecular weight excluding hydrogens is 560 g/mol. The predicted molar refractivity (Wildman–Crippen MR) is 189 cm³/mol. The zero-order valence-corrected chi connectivity index (χ0v) is 24.8. The van der Waals surface area contributed by atoms with E-state index in [0.29, 0.717) is 5.56 Å². The van der Waals surface area contributed by atoms with Crippen LogP contribution in [0.2, 0.25) is 0 Å².